The van der Waals surface area contributed by atoms with Gasteiger partial charge in [-0.25, -0.2) is 0 Å². The predicted molar refractivity (Wildman–Crippen MR) is 119 cm³/mol. The van der Waals surface area contributed by atoms with Gasteiger partial charge in [0.1, 0.15) is 0 Å². The van der Waals surface area contributed by atoms with Crippen molar-refractivity contribution in [1.82, 2.24) is 4.57 Å². The van der Waals surface area contributed by atoms with Crippen LogP contribution in [0, 0.1) is 13.8 Å². The Morgan fingerprint density at radius 1 is 0.903 bits per heavy atom. The fourth-order valence-electron chi connectivity index (χ4n) is 3.82. The number of benzene rings is 3. The Bertz CT molecular complexity index is 1370. The van der Waals surface area contributed by atoms with Gasteiger partial charge in [0.2, 0.25) is 12.2 Å². The Morgan fingerprint density at radius 3 is 2.19 bits per heavy atom. The van der Waals surface area contributed by atoms with Crippen LogP contribution in [-0.2, 0) is 6.54 Å². The number of aryl methyl sites for hydroxylation is 2. The summed E-state index contributed by atoms with van der Waals surface area (Å²) in [6.45, 7) is 4.64. The molecule has 31 heavy (non-hydrogen) atoms. The van der Waals surface area contributed by atoms with Gasteiger partial charge in [0.25, 0.3) is 0 Å². The van der Waals surface area contributed by atoms with E-state index in [0.717, 1.165) is 11.1 Å². The van der Waals surface area contributed by atoms with Gasteiger partial charge in [-0.1, -0.05) is 59.7 Å². The summed E-state index contributed by atoms with van der Waals surface area (Å²) >= 11 is 0. The van der Waals surface area contributed by atoms with Gasteiger partial charge >= 0.3 is 0 Å². The van der Waals surface area contributed by atoms with Crippen molar-refractivity contribution in [2.75, 3.05) is 6.79 Å². The minimum Gasteiger partial charge on any atom is -0.454 e. The molecule has 5 rings (SSSR count). The van der Waals surface area contributed by atoms with Crippen LogP contribution < -0.4 is 14.9 Å². The maximum atomic E-state index is 13.3. The van der Waals surface area contributed by atoms with E-state index in [0.29, 0.717) is 34.5 Å². The fourth-order valence-corrected chi connectivity index (χ4v) is 3.82. The van der Waals surface area contributed by atoms with Crippen LogP contribution in [0.2, 0.25) is 0 Å². The molecule has 0 saturated heterocycles. The van der Waals surface area contributed by atoms with Crippen molar-refractivity contribution in [1.29, 1.82) is 0 Å². The summed E-state index contributed by atoms with van der Waals surface area (Å²) in [6, 6.07) is 18.9. The molecular formula is C26H21NO4. The minimum atomic E-state index is -0.306. The molecule has 0 aliphatic carbocycles. The Labute approximate surface area is 179 Å². The summed E-state index contributed by atoms with van der Waals surface area (Å²) in [4.78, 5) is 26.6. The van der Waals surface area contributed by atoms with E-state index in [1.54, 1.807) is 24.4 Å². The third-order valence-electron chi connectivity index (χ3n) is 5.61. The number of aromatic nitrogens is 1. The number of nitrogens with zero attached hydrogens (tertiary/aromatic N) is 1. The van der Waals surface area contributed by atoms with Gasteiger partial charge in [-0.3, -0.25) is 9.59 Å². The van der Waals surface area contributed by atoms with Crippen molar-refractivity contribution in [2.45, 2.75) is 20.4 Å². The molecule has 2 heterocycles. The Kier molecular flexibility index (Phi) is 4.59. The van der Waals surface area contributed by atoms with Crippen LogP contribution >= 0.6 is 0 Å². The molecule has 1 aliphatic rings. The molecule has 154 valence electrons. The first-order chi connectivity index (χ1) is 15.0. The van der Waals surface area contributed by atoms with Crippen LogP contribution in [0.5, 0.6) is 11.5 Å². The smallest absolute Gasteiger partial charge is 0.231 e. The second-order valence-electron chi connectivity index (χ2n) is 7.90. The van der Waals surface area contributed by atoms with Crippen molar-refractivity contribution in [2.24, 2.45) is 0 Å². The number of hydrogen-bond donors (Lipinski definition) is 0. The number of carbonyl (C=O) groups is 1. The van der Waals surface area contributed by atoms with Crippen LogP contribution in [0.4, 0.5) is 0 Å². The number of fused-ring (bicyclic) bond motifs is 2. The maximum absolute atomic E-state index is 13.3. The molecule has 1 aliphatic heterocycles. The molecule has 0 N–H and O–H groups in total. The average molecular weight is 411 g/mol. The molecule has 0 amide bonds. The van der Waals surface area contributed by atoms with E-state index >= 15 is 0 Å². The highest BCUT2D eigenvalue weighted by Crippen LogP contribution is 2.35. The molecular weight excluding hydrogens is 390 g/mol. The number of pyridine rings is 1. The largest absolute Gasteiger partial charge is 0.454 e. The Morgan fingerprint density at radius 2 is 1.52 bits per heavy atom. The third kappa shape index (κ3) is 3.48. The van der Waals surface area contributed by atoms with Gasteiger partial charge < -0.3 is 14.0 Å². The van der Waals surface area contributed by atoms with Gasteiger partial charge in [0, 0.05) is 24.4 Å². The molecule has 3 aromatic carbocycles. The van der Waals surface area contributed by atoms with Crippen molar-refractivity contribution in [3.8, 4) is 11.5 Å². The van der Waals surface area contributed by atoms with E-state index in [-0.39, 0.29) is 23.6 Å². The monoisotopic (exact) mass is 411 g/mol. The summed E-state index contributed by atoms with van der Waals surface area (Å²) in [5.41, 5.74) is 4.33. The van der Waals surface area contributed by atoms with E-state index in [9.17, 15) is 9.59 Å². The third-order valence-corrected chi connectivity index (χ3v) is 5.61. The maximum Gasteiger partial charge on any atom is 0.231 e. The second kappa shape index (κ2) is 7.43. The van der Waals surface area contributed by atoms with Crippen LogP contribution in [0.15, 0.2) is 71.7 Å². The zero-order valence-electron chi connectivity index (χ0n) is 17.3. The molecule has 5 heteroatoms. The van der Waals surface area contributed by atoms with Crippen molar-refractivity contribution in [3.63, 3.8) is 0 Å². The van der Waals surface area contributed by atoms with E-state index in [2.05, 4.69) is 0 Å². The molecule has 5 nitrogen and oxygen atoms in total. The summed E-state index contributed by atoms with van der Waals surface area (Å²) in [7, 11) is 0. The fraction of sp³-hybridized carbons (Fsp3) is 0.154. The van der Waals surface area contributed by atoms with Crippen molar-refractivity contribution in [3.05, 3.63) is 105 Å². The summed E-state index contributed by atoms with van der Waals surface area (Å²) < 4.78 is 12.9. The van der Waals surface area contributed by atoms with Gasteiger partial charge in [0.05, 0.1) is 16.5 Å². The molecule has 1 aromatic heterocycles. The number of hydrogen-bond acceptors (Lipinski definition) is 4. The Hall–Kier alpha value is -3.86. The van der Waals surface area contributed by atoms with E-state index in [1.165, 1.54) is 5.56 Å². The lowest BCUT2D eigenvalue weighted by molar-refractivity contribution is 0.103. The SMILES string of the molecule is Cc1ccc(Cn2cc(C(=O)c3ccc(C)cc3)c(=O)c3cc4c(cc32)OCO4)cc1. The van der Waals surface area contributed by atoms with Crippen LogP contribution in [0.25, 0.3) is 10.9 Å². The lowest BCUT2D eigenvalue weighted by Crippen LogP contribution is -2.20. The second-order valence-corrected chi connectivity index (χ2v) is 7.90. The first-order valence-corrected chi connectivity index (χ1v) is 10.1. The van der Waals surface area contributed by atoms with Gasteiger partial charge in [-0.05, 0) is 25.5 Å². The normalized spacial score (nSPS) is 12.3. The standard InChI is InChI=1S/C26H21NO4/c1-16-3-7-18(8-4-16)13-27-14-21(25(28)19-9-5-17(2)6-10-19)26(29)20-11-23-24(12-22(20)27)31-15-30-23/h3-12,14H,13,15H2,1-2H3. The minimum absolute atomic E-state index is 0.118. The predicted octanol–water partition coefficient (Wildman–Crippen LogP) is 4.63. The summed E-state index contributed by atoms with van der Waals surface area (Å²) in [6.07, 6.45) is 1.66. The van der Waals surface area contributed by atoms with Gasteiger partial charge in [-0.15, -0.1) is 0 Å². The summed E-state index contributed by atoms with van der Waals surface area (Å²) in [5.74, 6) is 0.829. The summed E-state index contributed by atoms with van der Waals surface area (Å²) in [5, 5.41) is 0.439. The lowest BCUT2D eigenvalue weighted by atomic mass is 10.0. The van der Waals surface area contributed by atoms with E-state index < -0.39 is 0 Å². The van der Waals surface area contributed by atoms with E-state index in [4.69, 9.17) is 9.47 Å². The van der Waals surface area contributed by atoms with Gasteiger partial charge in [-0.2, -0.15) is 0 Å². The zero-order chi connectivity index (χ0) is 21.5. The first-order valence-electron chi connectivity index (χ1n) is 10.1. The van der Waals surface area contributed by atoms with E-state index in [1.807, 2.05) is 60.9 Å². The average Bonchev–Trinajstić information content (AvgIpc) is 3.24. The zero-order valence-corrected chi connectivity index (χ0v) is 17.3. The highest BCUT2D eigenvalue weighted by Gasteiger charge is 2.21. The van der Waals surface area contributed by atoms with Crippen LogP contribution in [0.1, 0.15) is 32.6 Å². The molecule has 0 atom stereocenters. The first kappa shape index (κ1) is 19.1. The Balaban J connectivity index is 1.70. The molecule has 0 fully saturated rings. The molecule has 0 unspecified atom stereocenters. The van der Waals surface area contributed by atoms with Gasteiger partial charge in [0.15, 0.2) is 17.3 Å². The topological polar surface area (TPSA) is 57.5 Å². The van der Waals surface area contributed by atoms with Crippen molar-refractivity contribution < 1.29 is 14.3 Å². The lowest BCUT2D eigenvalue weighted by Gasteiger charge is -2.14. The molecule has 0 bridgehead atoms. The molecule has 0 spiro atoms. The number of carbonyl (C=O) groups excluding carboxylic acids is 1. The quantitative estimate of drug-likeness (QED) is 0.460. The number of ketones is 1. The highest BCUT2D eigenvalue weighted by atomic mass is 16.7. The van der Waals surface area contributed by atoms with Crippen LogP contribution in [0.3, 0.4) is 0 Å². The molecule has 0 saturated carbocycles. The molecule has 4 aromatic rings. The number of rotatable bonds is 4. The molecule has 0 radical (unpaired) electrons. The number of ether oxygens (including phenoxy) is 2. The van der Waals surface area contributed by atoms with Crippen LogP contribution in [-0.4, -0.2) is 17.1 Å². The van der Waals surface area contributed by atoms with Crippen molar-refractivity contribution >= 4 is 16.7 Å². The highest BCUT2D eigenvalue weighted by molar-refractivity contribution is 6.10.